The van der Waals surface area contributed by atoms with Crippen LogP contribution in [0.5, 0.6) is 5.75 Å². The summed E-state index contributed by atoms with van der Waals surface area (Å²) in [5, 5.41) is 20.7. The molecular weight excluding hydrogens is 504 g/mol. The van der Waals surface area contributed by atoms with E-state index in [2.05, 4.69) is 31.9 Å². The number of carbonyl (C=O) groups is 2. The van der Waals surface area contributed by atoms with Gasteiger partial charge in [-0.25, -0.2) is 0 Å². The Kier molecular flexibility index (Phi) is 5.68. The molecule has 0 aliphatic carbocycles. The van der Waals surface area contributed by atoms with Crippen molar-refractivity contribution in [2.75, 3.05) is 0 Å². The van der Waals surface area contributed by atoms with Crippen LogP contribution in [0.4, 0.5) is 10.5 Å². The minimum atomic E-state index is -0.610. The van der Waals surface area contributed by atoms with E-state index in [0.29, 0.717) is 0 Å². The van der Waals surface area contributed by atoms with Gasteiger partial charge in [-0.2, -0.15) is 0 Å². The zero-order valence-electron chi connectivity index (χ0n) is 13.4. The molecule has 1 N–H and O–H groups in total. The Morgan fingerprint density at radius 2 is 1.85 bits per heavy atom. The average molecular weight is 514 g/mol. The van der Waals surface area contributed by atoms with E-state index < -0.39 is 16.1 Å². The maximum atomic E-state index is 12.6. The van der Waals surface area contributed by atoms with Crippen molar-refractivity contribution in [1.29, 1.82) is 0 Å². The minimum Gasteiger partial charge on any atom is -0.506 e. The van der Waals surface area contributed by atoms with Crippen molar-refractivity contribution < 1.29 is 19.6 Å². The highest BCUT2D eigenvalue weighted by Gasteiger charge is 2.35. The molecule has 0 spiro atoms. The zero-order valence-corrected chi connectivity index (χ0v) is 17.4. The number of non-ortho nitro benzene ring substituents is 1. The predicted molar refractivity (Wildman–Crippen MR) is 108 cm³/mol. The summed E-state index contributed by atoms with van der Waals surface area (Å²) in [7, 11) is 0. The van der Waals surface area contributed by atoms with Crippen LogP contribution >= 0.6 is 43.6 Å². The molecule has 0 radical (unpaired) electrons. The van der Waals surface area contributed by atoms with Gasteiger partial charge in [0.15, 0.2) is 0 Å². The number of nitro groups is 1. The van der Waals surface area contributed by atoms with Gasteiger partial charge in [0.1, 0.15) is 5.75 Å². The highest BCUT2D eigenvalue weighted by Crippen LogP contribution is 2.38. The highest BCUT2D eigenvalue weighted by atomic mass is 79.9. The summed E-state index contributed by atoms with van der Waals surface area (Å²) < 4.78 is 1.00. The molecule has 1 fully saturated rings. The standard InChI is InChI=1S/C17H10Br2N2O5S/c18-11-3-1-9(2-4-11)8-20-16(23)14(27-17(20)24)6-10-5-12(21(25)26)7-13(19)15(10)22/h1-7,22H,8H2/b14-6-. The van der Waals surface area contributed by atoms with E-state index in [1.807, 2.05) is 12.1 Å². The van der Waals surface area contributed by atoms with Crippen LogP contribution in [-0.2, 0) is 11.3 Å². The Labute approximate surface area is 174 Å². The van der Waals surface area contributed by atoms with Crippen molar-refractivity contribution in [1.82, 2.24) is 4.90 Å². The summed E-state index contributed by atoms with van der Waals surface area (Å²) in [6.07, 6.45) is 1.28. The molecule has 0 aromatic heterocycles. The van der Waals surface area contributed by atoms with Crippen LogP contribution in [0, 0.1) is 10.1 Å². The van der Waals surface area contributed by atoms with Gasteiger partial charge in [-0.1, -0.05) is 28.1 Å². The molecule has 1 heterocycles. The Morgan fingerprint density at radius 1 is 1.19 bits per heavy atom. The Bertz CT molecular complexity index is 992. The van der Waals surface area contributed by atoms with Crippen LogP contribution < -0.4 is 0 Å². The second-order valence-corrected chi connectivity index (χ2v) is 8.28. The summed E-state index contributed by atoms with van der Waals surface area (Å²) in [6.45, 7) is 0.111. The number of phenols is 1. The fourth-order valence-corrected chi connectivity index (χ4v) is 3.93. The van der Waals surface area contributed by atoms with E-state index in [4.69, 9.17) is 0 Å². The number of carbonyl (C=O) groups excluding carboxylic acids is 2. The Morgan fingerprint density at radius 3 is 2.48 bits per heavy atom. The van der Waals surface area contributed by atoms with Gasteiger partial charge in [-0.3, -0.25) is 24.6 Å². The van der Waals surface area contributed by atoms with Gasteiger partial charge in [0, 0.05) is 22.2 Å². The third kappa shape index (κ3) is 4.23. The molecule has 0 bridgehead atoms. The average Bonchev–Trinajstić information content (AvgIpc) is 2.88. The fourth-order valence-electron chi connectivity index (χ4n) is 2.37. The van der Waals surface area contributed by atoms with Gasteiger partial charge in [-0.15, -0.1) is 0 Å². The number of amides is 2. The maximum absolute atomic E-state index is 12.6. The molecule has 2 aromatic carbocycles. The first kappa shape index (κ1) is 19.6. The first-order chi connectivity index (χ1) is 12.8. The van der Waals surface area contributed by atoms with Crippen LogP contribution in [0.25, 0.3) is 6.08 Å². The molecular formula is C17H10Br2N2O5S. The lowest BCUT2D eigenvalue weighted by Crippen LogP contribution is -2.27. The van der Waals surface area contributed by atoms with Gasteiger partial charge < -0.3 is 5.11 Å². The molecule has 1 saturated heterocycles. The van der Waals surface area contributed by atoms with Crippen molar-refractivity contribution >= 4 is 66.5 Å². The molecule has 138 valence electrons. The smallest absolute Gasteiger partial charge is 0.293 e. The lowest BCUT2D eigenvalue weighted by atomic mass is 10.1. The Balaban J connectivity index is 1.90. The van der Waals surface area contributed by atoms with Gasteiger partial charge >= 0.3 is 0 Å². The van der Waals surface area contributed by atoms with Crippen LogP contribution in [0.15, 0.2) is 50.2 Å². The Hall–Kier alpha value is -2.17. The number of halogens is 2. The molecule has 0 saturated carbocycles. The third-order valence-corrected chi connectivity index (χ3v) is 5.74. The summed E-state index contributed by atoms with van der Waals surface area (Å²) in [6, 6.07) is 9.50. The summed E-state index contributed by atoms with van der Waals surface area (Å²) in [5.41, 5.74) is 0.605. The second kappa shape index (κ2) is 7.83. The van der Waals surface area contributed by atoms with E-state index in [-0.39, 0.29) is 32.9 Å². The van der Waals surface area contributed by atoms with Gasteiger partial charge in [0.2, 0.25) is 0 Å². The molecule has 2 aromatic rings. The third-order valence-electron chi connectivity index (χ3n) is 3.70. The topological polar surface area (TPSA) is 101 Å². The van der Waals surface area contributed by atoms with E-state index in [9.17, 15) is 24.8 Å². The zero-order chi connectivity index (χ0) is 19.7. The van der Waals surface area contributed by atoms with Crippen molar-refractivity contribution in [2.45, 2.75) is 6.54 Å². The summed E-state index contributed by atoms with van der Waals surface area (Å²) in [4.78, 5) is 36.4. The van der Waals surface area contributed by atoms with Crippen LogP contribution in [0.1, 0.15) is 11.1 Å². The molecule has 0 atom stereocenters. The van der Waals surface area contributed by atoms with E-state index in [0.717, 1.165) is 38.8 Å². The molecule has 0 unspecified atom stereocenters. The number of hydrogen-bond donors (Lipinski definition) is 1. The number of rotatable bonds is 4. The second-order valence-electron chi connectivity index (χ2n) is 5.52. The number of hydrogen-bond acceptors (Lipinski definition) is 6. The van der Waals surface area contributed by atoms with Crippen molar-refractivity contribution in [3.8, 4) is 5.75 Å². The minimum absolute atomic E-state index is 0.0743. The number of aromatic hydroxyl groups is 1. The van der Waals surface area contributed by atoms with Gasteiger partial charge in [0.25, 0.3) is 16.8 Å². The van der Waals surface area contributed by atoms with Gasteiger partial charge in [0.05, 0.1) is 20.8 Å². The highest BCUT2D eigenvalue weighted by molar-refractivity contribution is 9.10. The summed E-state index contributed by atoms with van der Waals surface area (Å²) >= 11 is 7.09. The van der Waals surface area contributed by atoms with Crippen LogP contribution in [-0.4, -0.2) is 26.1 Å². The SMILES string of the molecule is O=C1S/C(=C\c2cc([N+](=O)[O-])cc(Br)c2O)C(=O)N1Cc1ccc(Br)cc1. The maximum Gasteiger partial charge on any atom is 0.293 e. The number of nitrogens with zero attached hydrogens (tertiary/aromatic N) is 2. The summed E-state index contributed by atoms with van der Waals surface area (Å²) in [5.74, 6) is -0.768. The molecule has 7 nitrogen and oxygen atoms in total. The van der Waals surface area contributed by atoms with Crippen molar-refractivity contribution in [3.05, 3.63) is 71.5 Å². The van der Waals surface area contributed by atoms with Crippen LogP contribution in [0.3, 0.4) is 0 Å². The van der Waals surface area contributed by atoms with Crippen LogP contribution in [0.2, 0.25) is 0 Å². The van der Waals surface area contributed by atoms with E-state index >= 15 is 0 Å². The normalized spacial score (nSPS) is 15.6. The number of imide groups is 1. The largest absolute Gasteiger partial charge is 0.506 e. The van der Waals surface area contributed by atoms with Crippen molar-refractivity contribution in [3.63, 3.8) is 0 Å². The number of benzene rings is 2. The quantitative estimate of drug-likeness (QED) is 0.348. The number of phenolic OH excluding ortho intramolecular Hbond substituents is 1. The number of thioether (sulfide) groups is 1. The molecule has 3 rings (SSSR count). The lowest BCUT2D eigenvalue weighted by molar-refractivity contribution is -0.385. The molecule has 1 aliphatic heterocycles. The molecule has 27 heavy (non-hydrogen) atoms. The van der Waals surface area contributed by atoms with E-state index in [1.165, 1.54) is 6.08 Å². The fraction of sp³-hybridized carbons (Fsp3) is 0.0588. The van der Waals surface area contributed by atoms with Crippen molar-refractivity contribution in [2.24, 2.45) is 0 Å². The molecule has 2 amide bonds. The molecule has 10 heteroatoms. The van der Waals surface area contributed by atoms with E-state index in [1.54, 1.807) is 12.1 Å². The predicted octanol–water partition coefficient (Wildman–Crippen LogP) is 5.06. The van der Waals surface area contributed by atoms with Gasteiger partial charge in [-0.05, 0) is 51.5 Å². The lowest BCUT2D eigenvalue weighted by Gasteiger charge is -2.12. The first-order valence-electron chi connectivity index (χ1n) is 7.43. The number of nitro benzene ring substituents is 1. The monoisotopic (exact) mass is 512 g/mol. The first-order valence-corrected chi connectivity index (χ1v) is 9.83. The molecule has 1 aliphatic rings.